The highest BCUT2D eigenvalue weighted by atomic mass is 16.2. The predicted octanol–water partition coefficient (Wildman–Crippen LogP) is 1.29. The van der Waals surface area contributed by atoms with Gasteiger partial charge in [0.1, 0.15) is 0 Å². The van der Waals surface area contributed by atoms with E-state index in [1.165, 1.54) is 13.2 Å². The van der Waals surface area contributed by atoms with E-state index in [1.54, 1.807) is 0 Å². The molecule has 0 spiro atoms. The molecule has 0 radical (unpaired) electrons. The lowest BCUT2D eigenvalue weighted by atomic mass is 10.3. The van der Waals surface area contributed by atoms with Crippen LogP contribution in [0, 0.1) is 0 Å². The maximum Gasteiger partial charge on any atom is 0.281 e. The number of hydrogen-bond acceptors (Lipinski definition) is 4. The molecule has 0 saturated carbocycles. The average Bonchev–Trinajstić information content (AvgIpc) is 2.57. The molecule has 86 valence electrons. The minimum absolute atomic E-state index is 0.162. The number of aromatic nitrogens is 2. The van der Waals surface area contributed by atoms with Gasteiger partial charge in [-0.25, -0.2) is 9.97 Å². The van der Waals surface area contributed by atoms with Crippen LogP contribution in [0.4, 0.5) is 0 Å². The minimum atomic E-state index is -0.375. The molecule has 0 bridgehead atoms. The van der Waals surface area contributed by atoms with Gasteiger partial charge in [-0.15, -0.1) is 0 Å². The first-order valence-corrected chi connectivity index (χ1v) is 5.33. The fraction of sp³-hybridized carbons (Fsp3) is 0.455. The van der Waals surface area contributed by atoms with Gasteiger partial charge >= 0.3 is 0 Å². The number of hydrogen-bond donors (Lipinski definition) is 0. The van der Waals surface area contributed by atoms with E-state index in [-0.39, 0.29) is 23.2 Å². The van der Waals surface area contributed by atoms with Crippen LogP contribution in [-0.2, 0) is 6.42 Å². The number of fused-ring (bicyclic) bond motifs is 1. The lowest BCUT2D eigenvalue weighted by Crippen LogP contribution is -2.24. The number of rotatable bonds is 1. The second-order valence-electron chi connectivity index (χ2n) is 3.08. The topological polar surface area (TPSA) is 63.2 Å². The predicted molar refractivity (Wildman–Crippen MR) is 59.2 cm³/mol. The first-order valence-electron chi connectivity index (χ1n) is 5.33. The van der Waals surface area contributed by atoms with Gasteiger partial charge in [0, 0.05) is 13.2 Å². The van der Waals surface area contributed by atoms with Crippen molar-refractivity contribution in [2.24, 2.45) is 0 Å². The smallest absolute Gasteiger partial charge is 0.275 e. The number of imide groups is 1. The van der Waals surface area contributed by atoms with Crippen molar-refractivity contribution >= 4 is 11.8 Å². The van der Waals surface area contributed by atoms with E-state index in [1.807, 2.05) is 20.8 Å². The molecule has 5 nitrogen and oxygen atoms in total. The maximum absolute atomic E-state index is 11.5. The lowest BCUT2D eigenvalue weighted by Gasteiger charge is -2.01. The Morgan fingerprint density at radius 1 is 1.19 bits per heavy atom. The van der Waals surface area contributed by atoms with E-state index in [4.69, 9.17) is 0 Å². The third-order valence-electron chi connectivity index (χ3n) is 2.20. The van der Waals surface area contributed by atoms with E-state index in [9.17, 15) is 9.59 Å². The Kier molecular flexibility index (Phi) is 3.71. The number of aryl methyl sites for hydroxylation is 1. The van der Waals surface area contributed by atoms with E-state index >= 15 is 0 Å². The van der Waals surface area contributed by atoms with Crippen LogP contribution in [0.1, 0.15) is 47.4 Å². The summed E-state index contributed by atoms with van der Waals surface area (Å²) < 4.78 is 0. The van der Waals surface area contributed by atoms with Gasteiger partial charge < -0.3 is 0 Å². The van der Waals surface area contributed by atoms with Gasteiger partial charge in [0.2, 0.25) is 0 Å². The molecule has 1 aromatic heterocycles. The quantitative estimate of drug-likeness (QED) is 0.670. The highest BCUT2D eigenvalue weighted by Crippen LogP contribution is 2.17. The van der Waals surface area contributed by atoms with Gasteiger partial charge in [-0.2, -0.15) is 0 Å². The van der Waals surface area contributed by atoms with Gasteiger partial charge in [-0.3, -0.25) is 14.5 Å². The Balaban J connectivity index is 0.000000606. The van der Waals surface area contributed by atoms with Crippen molar-refractivity contribution in [3.8, 4) is 0 Å². The number of amides is 2. The third-order valence-corrected chi connectivity index (χ3v) is 2.20. The fourth-order valence-electron chi connectivity index (χ4n) is 1.31. The summed E-state index contributed by atoms with van der Waals surface area (Å²) in [6, 6.07) is 0. The molecule has 0 N–H and O–H groups in total. The Morgan fingerprint density at radius 2 is 1.75 bits per heavy atom. The zero-order valence-electron chi connectivity index (χ0n) is 9.94. The lowest BCUT2D eigenvalue weighted by molar-refractivity contribution is 0.0689. The van der Waals surface area contributed by atoms with Crippen molar-refractivity contribution in [3.05, 3.63) is 23.3 Å². The molecule has 1 aliphatic rings. The summed E-state index contributed by atoms with van der Waals surface area (Å²) in [5.41, 5.74) is 1.06. The monoisotopic (exact) mass is 221 g/mol. The molecule has 2 heterocycles. The minimum Gasteiger partial charge on any atom is -0.275 e. The molecule has 0 atom stereocenters. The zero-order valence-corrected chi connectivity index (χ0v) is 9.94. The Morgan fingerprint density at radius 3 is 2.31 bits per heavy atom. The van der Waals surface area contributed by atoms with Crippen LogP contribution in [0.25, 0.3) is 0 Å². The van der Waals surface area contributed by atoms with E-state index in [0.29, 0.717) is 6.42 Å². The van der Waals surface area contributed by atoms with Crippen LogP contribution in [-0.4, -0.2) is 33.7 Å². The zero-order chi connectivity index (χ0) is 12.3. The summed E-state index contributed by atoms with van der Waals surface area (Å²) >= 11 is 0. The molecule has 0 saturated heterocycles. The molecular weight excluding hydrogens is 206 g/mol. The molecule has 5 heteroatoms. The molecule has 0 aromatic carbocycles. The second kappa shape index (κ2) is 4.83. The van der Waals surface area contributed by atoms with Crippen molar-refractivity contribution in [2.45, 2.75) is 27.2 Å². The molecule has 0 fully saturated rings. The van der Waals surface area contributed by atoms with Crippen LogP contribution in [0.3, 0.4) is 0 Å². The van der Waals surface area contributed by atoms with Crippen molar-refractivity contribution < 1.29 is 9.59 Å². The van der Waals surface area contributed by atoms with Crippen molar-refractivity contribution in [1.82, 2.24) is 14.9 Å². The van der Waals surface area contributed by atoms with Gasteiger partial charge in [-0.05, 0) is 6.42 Å². The molecule has 1 aliphatic heterocycles. The van der Waals surface area contributed by atoms with Gasteiger partial charge in [0.25, 0.3) is 11.8 Å². The second-order valence-corrected chi connectivity index (χ2v) is 3.08. The van der Waals surface area contributed by atoms with Gasteiger partial charge in [-0.1, -0.05) is 20.8 Å². The first kappa shape index (κ1) is 12.3. The molecule has 2 rings (SSSR count). The number of carbonyl (C=O) groups excluding carboxylic acids is 2. The highest BCUT2D eigenvalue weighted by Gasteiger charge is 2.35. The van der Waals surface area contributed by atoms with Gasteiger partial charge in [0.15, 0.2) is 11.4 Å². The Hall–Kier alpha value is -1.78. The standard InChI is InChI=1S/C9H9N3O2.C2H6/c1-3-5-4-10-6-7(11-5)9(14)12(2)8(6)13;1-2/h4H,3H2,1-2H3;1-2H3. The van der Waals surface area contributed by atoms with Gasteiger partial charge in [0.05, 0.1) is 5.69 Å². The molecule has 0 aliphatic carbocycles. The van der Waals surface area contributed by atoms with Crippen molar-refractivity contribution in [2.75, 3.05) is 7.05 Å². The highest BCUT2D eigenvalue weighted by molar-refractivity contribution is 6.19. The molecule has 2 amide bonds. The van der Waals surface area contributed by atoms with Crippen molar-refractivity contribution in [1.29, 1.82) is 0 Å². The van der Waals surface area contributed by atoms with Crippen molar-refractivity contribution in [3.63, 3.8) is 0 Å². The van der Waals surface area contributed by atoms with E-state index < -0.39 is 0 Å². The number of carbonyl (C=O) groups is 2. The Labute approximate surface area is 94.5 Å². The summed E-state index contributed by atoms with van der Waals surface area (Å²) in [4.78, 5) is 31.9. The van der Waals surface area contributed by atoms with Crippen LogP contribution in [0.15, 0.2) is 6.20 Å². The van der Waals surface area contributed by atoms with Crippen LogP contribution in [0.5, 0.6) is 0 Å². The summed E-state index contributed by atoms with van der Waals surface area (Å²) in [7, 11) is 1.43. The molecular formula is C11H15N3O2. The molecule has 16 heavy (non-hydrogen) atoms. The third kappa shape index (κ3) is 1.80. The van der Waals surface area contributed by atoms with E-state index in [0.717, 1.165) is 10.6 Å². The summed E-state index contributed by atoms with van der Waals surface area (Å²) in [6.07, 6.45) is 2.23. The Bertz CT molecular complexity index is 429. The number of nitrogens with zero attached hydrogens (tertiary/aromatic N) is 3. The fourth-order valence-corrected chi connectivity index (χ4v) is 1.31. The molecule has 0 unspecified atom stereocenters. The summed E-state index contributed by atoms with van der Waals surface area (Å²) in [6.45, 7) is 5.92. The van der Waals surface area contributed by atoms with E-state index in [2.05, 4.69) is 9.97 Å². The van der Waals surface area contributed by atoms with Crippen LogP contribution < -0.4 is 0 Å². The first-order chi connectivity index (χ1) is 7.65. The van der Waals surface area contributed by atoms with Crippen LogP contribution in [0.2, 0.25) is 0 Å². The van der Waals surface area contributed by atoms with Crippen LogP contribution >= 0.6 is 0 Å². The summed E-state index contributed by atoms with van der Waals surface area (Å²) in [5, 5.41) is 0. The summed E-state index contributed by atoms with van der Waals surface area (Å²) in [5.74, 6) is -0.743. The molecule has 1 aromatic rings. The average molecular weight is 221 g/mol. The SMILES string of the molecule is CC.CCc1cnc2c(n1)C(=O)N(C)C2=O. The largest absolute Gasteiger partial charge is 0.281 e. The maximum atomic E-state index is 11.5. The normalized spacial score (nSPS) is 13.4.